The number of hydrogen-bond acceptors (Lipinski definition) is 5. The van der Waals surface area contributed by atoms with Crippen LogP contribution in [0, 0.1) is 0 Å². The number of likely N-dealkylation sites (tertiary alicyclic amines) is 1. The first kappa shape index (κ1) is 21.6. The highest BCUT2D eigenvalue weighted by Gasteiger charge is 2.41. The lowest BCUT2D eigenvalue weighted by Crippen LogP contribution is -2.46. The van der Waals surface area contributed by atoms with Crippen LogP contribution in [0.15, 0.2) is 16.8 Å². The molecule has 27 heavy (non-hydrogen) atoms. The van der Waals surface area contributed by atoms with E-state index in [1.165, 1.54) is 6.42 Å². The molecular weight excluding hydrogens is 385 g/mol. The van der Waals surface area contributed by atoms with E-state index in [0.717, 1.165) is 37.9 Å². The predicted octanol–water partition coefficient (Wildman–Crippen LogP) is 2.75. The minimum atomic E-state index is -5.08. The van der Waals surface area contributed by atoms with E-state index in [4.69, 9.17) is 14.6 Å². The molecule has 0 aliphatic carbocycles. The van der Waals surface area contributed by atoms with Gasteiger partial charge in [-0.15, -0.1) is 0 Å². The number of aliphatic carboxylic acids is 1. The summed E-state index contributed by atoms with van der Waals surface area (Å²) in [4.78, 5) is 23.2. The summed E-state index contributed by atoms with van der Waals surface area (Å²) in [6.45, 7) is 2.77. The molecule has 2 saturated heterocycles. The van der Waals surface area contributed by atoms with Crippen LogP contribution < -0.4 is 5.32 Å². The van der Waals surface area contributed by atoms with Crippen LogP contribution in [0.1, 0.15) is 36.0 Å². The molecule has 0 saturated carbocycles. The van der Waals surface area contributed by atoms with Crippen molar-refractivity contribution in [2.24, 2.45) is 0 Å². The number of likely N-dealkylation sites (N-methyl/N-ethyl adjacent to an activating group) is 1. The smallest absolute Gasteiger partial charge is 0.475 e. The summed E-state index contributed by atoms with van der Waals surface area (Å²) in [6, 6.07) is 1.86. The summed E-state index contributed by atoms with van der Waals surface area (Å²) in [6.07, 6.45) is -0.384. The minimum Gasteiger partial charge on any atom is -0.475 e. The number of carboxylic acid groups (broad SMARTS) is 1. The summed E-state index contributed by atoms with van der Waals surface area (Å²) in [5.41, 5.74) is 0.797. The quantitative estimate of drug-likeness (QED) is 0.804. The topological polar surface area (TPSA) is 78.9 Å². The number of halogens is 3. The predicted molar refractivity (Wildman–Crippen MR) is 93.9 cm³/mol. The minimum absolute atomic E-state index is 0.0120. The first-order valence-electron chi connectivity index (χ1n) is 8.58. The largest absolute Gasteiger partial charge is 0.490 e. The van der Waals surface area contributed by atoms with Gasteiger partial charge in [0.1, 0.15) is 0 Å². The van der Waals surface area contributed by atoms with Gasteiger partial charge in [0.05, 0.1) is 11.7 Å². The SMILES string of the molecule is CN1CC[C@]2(CCC[C@H](CNC(=O)c3ccsc3)O2)C1.O=C(O)C(F)(F)F. The van der Waals surface area contributed by atoms with E-state index in [0.29, 0.717) is 6.54 Å². The van der Waals surface area contributed by atoms with E-state index in [9.17, 15) is 18.0 Å². The summed E-state index contributed by atoms with van der Waals surface area (Å²) in [5.74, 6) is -2.74. The monoisotopic (exact) mass is 408 g/mol. The fourth-order valence-corrected chi connectivity index (χ4v) is 3.95. The number of thiophene rings is 1. The van der Waals surface area contributed by atoms with Crippen molar-refractivity contribution < 1.29 is 32.6 Å². The van der Waals surface area contributed by atoms with Crippen molar-refractivity contribution in [3.63, 3.8) is 0 Å². The molecule has 1 spiro atoms. The maximum Gasteiger partial charge on any atom is 0.490 e. The van der Waals surface area contributed by atoms with Crippen molar-refractivity contribution in [2.45, 2.75) is 43.6 Å². The van der Waals surface area contributed by atoms with Crippen molar-refractivity contribution in [3.05, 3.63) is 22.4 Å². The highest BCUT2D eigenvalue weighted by atomic mass is 32.1. The maximum absolute atomic E-state index is 11.9. The molecule has 1 aromatic rings. The molecule has 152 valence electrons. The lowest BCUT2D eigenvalue weighted by molar-refractivity contribution is -0.192. The van der Waals surface area contributed by atoms with Gasteiger partial charge in [0, 0.05) is 30.6 Å². The molecule has 10 heteroatoms. The summed E-state index contributed by atoms with van der Waals surface area (Å²) in [5, 5.41) is 13.9. The Morgan fingerprint density at radius 1 is 1.44 bits per heavy atom. The Kier molecular flexibility index (Phi) is 7.24. The van der Waals surface area contributed by atoms with E-state index >= 15 is 0 Å². The van der Waals surface area contributed by atoms with Crippen molar-refractivity contribution in [1.29, 1.82) is 0 Å². The number of amides is 1. The molecule has 2 fully saturated rings. The van der Waals surface area contributed by atoms with Gasteiger partial charge < -0.3 is 20.1 Å². The Hall–Kier alpha value is -1.65. The van der Waals surface area contributed by atoms with Crippen LogP contribution in [0.5, 0.6) is 0 Å². The Morgan fingerprint density at radius 3 is 2.67 bits per heavy atom. The van der Waals surface area contributed by atoms with Gasteiger partial charge in [0.15, 0.2) is 0 Å². The van der Waals surface area contributed by atoms with Gasteiger partial charge in [-0.25, -0.2) is 4.79 Å². The third-order valence-electron chi connectivity index (χ3n) is 4.60. The van der Waals surface area contributed by atoms with Crippen LogP contribution in [-0.4, -0.2) is 66.4 Å². The van der Waals surface area contributed by atoms with Gasteiger partial charge >= 0.3 is 12.1 Å². The molecule has 3 heterocycles. The second-order valence-electron chi connectivity index (χ2n) is 6.83. The summed E-state index contributed by atoms with van der Waals surface area (Å²) in [7, 11) is 2.15. The van der Waals surface area contributed by atoms with Crippen LogP contribution >= 0.6 is 11.3 Å². The molecule has 2 aliphatic heterocycles. The molecule has 0 radical (unpaired) electrons. The number of rotatable bonds is 3. The number of alkyl halides is 3. The molecule has 2 aliphatic rings. The van der Waals surface area contributed by atoms with Gasteiger partial charge in [-0.2, -0.15) is 24.5 Å². The van der Waals surface area contributed by atoms with Gasteiger partial charge in [-0.05, 0) is 44.2 Å². The molecular formula is C17H23F3N2O4S. The molecule has 0 bridgehead atoms. The van der Waals surface area contributed by atoms with Gasteiger partial charge in [0.25, 0.3) is 5.91 Å². The second-order valence-corrected chi connectivity index (χ2v) is 7.61. The van der Waals surface area contributed by atoms with E-state index < -0.39 is 12.1 Å². The average molecular weight is 408 g/mol. The van der Waals surface area contributed by atoms with Crippen LogP contribution in [0.2, 0.25) is 0 Å². The van der Waals surface area contributed by atoms with E-state index in [1.54, 1.807) is 11.3 Å². The normalized spacial score (nSPS) is 25.7. The molecule has 6 nitrogen and oxygen atoms in total. The van der Waals surface area contributed by atoms with Crippen LogP contribution in [-0.2, 0) is 9.53 Å². The van der Waals surface area contributed by atoms with Crippen molar-refractivity contribution in [3.8, 4) is 0 Å². The molecule has 1 aromatic heterocycles. The van der Waals surface area contributed by atoms with E-state index in [-0.39, 0.29) is 17.6 Å². The number of carboxylic acids is 1. The number of nitrogens with zero attached hydrogens (tertiary/aromatic N) is 1. The lowest BCUT2D eigenvalue weighted by Gasteiger charge is -2.38. The van der Waals surface area contributed by atoms with Crippen LogP contribution in [0.3, 0.4) is 0 Å². The number of carbonyl (C=O) groups excluding carboxylic acids is 1. The standard InChI is InChI=1S/C15H22N2O2S.C2HF3O2/c1-17-7-6-15(11-17)5-2-3-13(19-15)9-16-14(18)12-4-8-20-10-12;3-2(4,5)1(6)7/h4,8,10,13H,2-3,5-7,9,11H2,1H3,(H,16,18);(H,6,7)/t13-,15-;/m1./s1. The van der Waals surface area contributed by atoms with Gasteiger partial charge in [-0.3, -0.25) is 4.79 Å². The Morgan fingerprint density at radius 2 is 2.15 bits per heavy atom. The maximum atomic E-state index is 11.9. The molecule has 0 unspecified atom stereocenters. The summed E-state index contributed by atoms with van der Waals surface area (Å²) < 4.78 is 38.1. The highest BCUT2D eigenvalue weighted by molar-refractivity contribution is 7.08. The molecule has 1 amide bonds. The zero-order valence-corrected chi connectivity index (χ0v) is 15.7. The zero-order chi connectivity index (χ0) is 20.1. The fraction of sp³-hybridized carbons (Fsp3) is 0.647. The molecule has 3 rings (SSSR count). The number of carbonyl (C=O) groups is 2. The van der Waals surface area contributed by atoms with Crippen molar-refractivity contribution in [2.75, 3.05) is 26.7 Å². The molecule has 0 aromatic carbocycles. The molecule has 2 atom stereocenters. The summed E-state index contributed by atoms with van der Waals surface area (Å²) >= 11 is 1.55. The lowest BCUT2D eigenvalue weighted by atomic mass is 9.90. The van der Waals surface area contributed by atoms with Gasteiger partial charge in [-0.1, -0.05) is 0 Å². The number of ether oxygens (including phenoxy) is 1. The molecule has 2 N–H and O–H groups in total. The van der Waals surface area contributed by atoms with Crippen molar-refractivity contribution in [1.82, 2.24) is 10.2 Å². The van der Waals surface area contributed by atoms with E-state index in [2.05, 4.69) is 17.3 Å². The highest BCUT2D eigenvalue weighted by Crippen LogP contribution is 2.35. The first-order valence-corrected chi connectivity index (χ1v) is 9.52. The van der Waals surface area contributed by atoms with Crippen LogP contribution in [0.4, 0.5) is 13.2 Å². The average Bonchev–Trinajstić information content (AvgIpc) is 3.23. The third kappa shape index (κ3) is 6.47. The zero-order valence-electron chi connectivity index (χ0n) is 14.9. The van der Waals surface area contributed by atoms with E-state index in [1.807, 2.05) is 16.8 Å². The first-order chi connectivity index (χ1) is 12.6. The number of hydrogen-bond donors (Lipinski definition) is 2. The Balaban J connectivity index is 0.000000321. The number of nitrogens with one attached hydrogen (secondary N) is 1. The third-order valence-corrected chi connectivity index (χ3v) is 5.28. The second kappa shape index (κ2) is 9.03. The van der Waals surface area contributed by atoms with Crippen LogP contribution in [0.25, 0.3) is 0 Å². The Labute approximate surface area is 159 Å². The van der Waals surface area contributed by atoms with Crippen molar-refractivity contribution >= 4 is 23.2 Å². The Bertz CT molecular complexity index is 635. The van der Waals surface area contributed by atoms with Gasteiger partial charge in [0.2, 0.25) is 0 Å². The fourth-order valence-electron chi connectivity index (χ4n) is 3.31.